The molecule has 1 atom stereocenters. The molecule has 1 spiro atoms. The number of benzene rings is 2. The number of fused-ring (bicyclic) bond motifs is 1. The minimum Gasteiger partial charge on any atom is -0.497 e. The summed E-state index contributed by atoms with van der Waals surface area (Å²) in [6.45, 7) is 12.1. The van der Waals surface area contributed by atoms with Crippen molar-refractivity contribution in [1.82, 2.24) is 19.1 Å². The van der Waals surface area contributed by atoms with Gasteiger partial charge in [-0.05, 0) is 120 Å². The van der Waals surface area contributed by atoms with Gasteiger partial charge in [-0.15, -0.1) is 0 Å². The molecule has 10 heteroatoms. The fourth-order valence-electron chi connectivity index (χ4n) is 9.09. The quantitative estimate of drug-likeness (QED) is 0.242. The third kappa shape index (κ3) is 7.33. The largest absolute Gasteiger partial charge is 0.497 e. The zero-order valence-corrected chi connectivity index (χ0v) is 31.8. The predicted octanol–water partition coefficient (Wildman–Crippen LogP) is 7.11. The summed E-state index contributed by atoms with van der Waals surface area (Å²) >= 11 is 0. The molecule has 2 aromatic carbocycles. The summed E-state index contributed by atoms with van der Waals surface area (Å²) in [5.41, 5.74) is 5.04. The van der Waals surface area contributed by atoms with E-state index in [1.54, 1.807) is 20.1 Å². The first-order valence-corrected chi connectivity index (χ1v) is 20.3. The van der Waals surface area contributed by atoms with Crippen molar-refractivity contribution in [2.24, 2.45) is 10.8 Å². The number of methoxy groups -OCH3 is 1. The van der Waals surface area contributed by atoms with Crippen LogP contribution in [0.25, 0.3) is 22.2 Å². The first kappa shape index (κ1) is 36.4. The summed E-state index contributed by atoms with van der Waals surface area (Å²) in [5.74, 6) is 0.518. The van der Waals surface area contributed by atoms with Crippen LogP contribution in [0.15, 0.2) is 36.4 Å². The molecule has 3 heterocycles. The number of piperidine rings is 1. The average Bonchev–Trinajstić information content (AvgIpc) is 3.59. The molecule has 6 rings (SSSR count). The summed E-state index contributed by atoms with van der Waals surface area (Å²) in [4.78, 5) is 32.6. The summed E-state index contributed by atoms with van der Waals surface area (Å²) < 4.78 is 35.4. The first-order valence-electron chi connectivity index (χ1n) is 18.6. The van der Waals surface area contributed by atoms with Crippen molar-refractivity contribution in [3.63, 3.8) is 0 Å². The van der Waals surface area contributed by atoms with E-state index in [1.807, 2.05) is 18.2 Å². The molecule has 1 aliphatic carbocycles. The van der Waals surface area contributed by atoms with Crippen LogP contribution in [-0.2, 0) is 21.4 Å². The van der Waals surface area contributed by atoms with E-state index < -0.39 is 21.3 Å². The second-order valence-corrected chi connectivity index (χ2v) is 17.9. The number of hydrogen-bond acceptors (Lipinski definition) is 6. The Morgan fingerprint density at radius 2 is 1.76 bits per heavy atom. The number of amides is 2. The van der Waals surface area contributed by atoms with Crippen LogP contribution in [0.2, 0.25) is 0 Å². The number of likely N-dealkylation sites (tertiary alicyclic amines) is 2. The number of sulfonamides is 1. The van der Waals surface area contributed by atoms with Gasteiger partial charge in [0, 0.05) is 53.6 Å². The molecule has 2 saturated heterocycles. The summed E-state index contributed by atoms with van der Waals surface area (Å²) in [6, 6.07) is 11.8. The van der Waals surface area contributed by atoms with Crippen LogP contribution in [0.4, 0.5) is 0 Å². The van der Waals surface area contributed by atoms with Crippen LogP contribution in [-0.4, -0.2) is 80.7 Å². The molecule has 3 fully saturated rings. The highest BCUT2D eigenvalue weighted by molar-refractivity contribution is 7.90. The van der Waals surface area contributed by atoms with Crippen molar-refractivity contribution in [1.29, 1.82) is 0 Å². The van der Waals surface area contributed by atoms with E-state index in [0.29, 0.717) is 18.9 Å². The summed E-state index contributed by atoms with van der Waals surface area (Å²) in [6.07, 6.45) is 9.40. The lowest BCUT2D eigenvalue weighted by Crippen LogP contribution is -2.51. The molecular formula is C40H56N4O5S. The van der Waals surface area contributed by atoms with Gasteiger partial charge in [0.2, 0.25) is 15.9 Å². The van der Waals surface area contributed by atoms with E-state index in [-0.39, 0.29) is 22.6 Å². The van der Waals surface area contributed by atoms with Crippen molar-refractivity contribution < 1.29 is 22.7 Å². The van der Waals surface area contributed by atoms with Crippen LogP contribution in [0, 0.1) is 17.8 Å². The Labute approximate surface area is 298 Å². The van der Waals surface area contributed by atoms with Crippen LogP contribution < -0.4 is 9.46 Å². The van der Waals surface area contributed by atoms with E-state index in [9.17, 15) is 18.0 Å². The minimum absolute atomic E-state index is 0.117. The van der Waals surface area contributed by atoms with Gasteiger partial charge in [-0.25, -0.2) is 13.1 Å². The van der Waals surface area contributed by atoms with Crippen LogP contribution in [0.5, 0.6) is 5.75 Å². The molecule has 1 saturated carbocycles. The molecule has 0 bridgehead atoms. The lowest BCUT2D eigenvalue weighted by Gasteiger charge is -2.43. The van der Waals surface area contributed by atoms with Crippen LogP contribution >= 0.6 is 0 Å². The van der Waals surface area contributed by atoms with Gasteiger partial charge in [0.1, 0.15) is 5.75 Å². The topological polar surface area (TPSA) is 101 Å². The van der Waals surface area contributed by atoms with Crippen molar-refractivity contribution in [3.8, 4) is 17.0 Å². The summed E-state index contributed by atoms with van der Waals surface area (Å²) in [5, 5.41) is 1.06. The fourth-order valence-corrected chi connectivity index (χ4v) is 10.1. The van der Waals surface area contributed by atoms with Gasteiger partial charge in [-0.1, -0.05) is 32.3 Å². The van der Waals surface area contributed by atoms with Gasteiger partial charge in [0.05, 0.1) is 24.0 Å². The maximum Gasteiger partial charge on any atom is 0.264 e. The smallest absolute Gasteiger partial charge is 0.264 e. The Bertz CT molecular complexity index is 1850. The van der Waals surface area contributed by atoms with Gasteiger partial charge in [-0.2, -0.15) is 0 Å². The van der Waals surface area contributed by atoms with Gasteiger partial charge in [0.25, 0.3) is 5.91 Å². The Morgan fingerprint density at radius 3 is 2.42 bits per heavy atom. The van der Waals surface area contributed by atoms with Crippen molar-refractivity contribution in [3.05, 3.63) is 53.1 Å². The molecule has 1 unspecified atom stereocenters. The number of hydrogen-bond donors (Lipinski definition) is 1. The maximum atomic E-state index is 14.6. The lowest BCUT2D eigenvalue weighted by atomic mass is 9.78. The Hall–Kier alpha value is -3.37. The second-order valence-electron chi connectivity index (χ2n) is 16.0. The molecule has 272 valence electrons. The van der Waals surface area contributed by atoms with Crippen molar-refractivity contribution in [2.75, 3.05) is 46.1 Å². The molecule has 50 heavy (non-hydrogen) atoms. The van der Waals surface area contributed by atoms with Crippen LogP contribution in [0.3, 0.4) is 0 Å². The fraction of sp³-hybridized carbons (Fsp3) is 0.600. The molecule has 3 aliphatic rings. The first-order chi connectivity index (χ1) is 23.8. The Kier molecular flexibility index (Phi) is 10.4. The average molecular weight is 705 g/mol. The second kappa shape index (κ2) is 14.3. The summed E-state index contributed by atoms with van der Waals surface area (Å²) in [7, 11) is 0.0980. The molecular weight excluding hydrogens is 649 g/mol. The third-order valence-corrected chi connectivity index (χ3v) is 12.9. The van der Waals surface area contributed by atoms with E-state index in [0.717, 1.165) is 105 Å². The van der Waals surface area contributed by atoms with E-state index >= 15 is 0 Å². The van der Waals surface area contributed by atoms with Crippen molar-refractivity contribution >= 4 is 32.7 Å². The Balaban J connectivity index is 1.50. The normalized spacial score (nSPS) is 20.9. The van der Waals surface area contributed by atoms with Crippen molar-refractivity contribution in [2.45, 2.75) is 97.9 Å². The molecule has 0 radical (unpaired) electrons. The predicted molar refractivity (Wildman–Crippen MR) is 200 cm³/mol. The number of ether oxygens (including phenoxy) is 1. The van der Waals surface area contributed by atoms with E-state index in [1.165, 1.54) is 12.0 Å². The van der Waals surface area contributed by atoms with Gasteiger partial charge in [-0.3, -0.25) is 9.59 Å². The number of aromatic nitrogens is 1. The molecule has 2 amide bonds. The van der Waals surface area contributed by atoms with Gasteiger partial charge < -0.3 is 19.1 Å². The Morgan fingerprint density at radius 1 is 1.00 bits per heavy atom. The molecule has 1 N–H and O–H groups in total. The standard InChI is InChI=1S/C40H56N4O5S/c1-7-22-50(47,48)41-37(45)30-14-16-33-34(24-30)44(25-39(3,4)38(46)43-20-11-18-40(27-43)19-21-42(5)26-40)36(35(33)29-12-9-8-10-13-29)32-17-15-31(49-6)23-28(32)2/h14-17,23-24,29H,7-13,18-22,25-27H2,1-6H3,(H,41,45). The number of nitrogens with one attached hydrogen (secondary N) is 1. The molecule has 9 nitrogen and oxygen atoms in total. The minimum atomic E-state index is -3.75. The highest BCUT2D eigenvalue weighted by Gasteiger charge is 2.44. The highest BCUT2D eigenvalue weighted by atomic mass is 32.2. The zero-order valence-electron chi connectivity index (χ0n) is 30.9. The number of aryl methyl sites for hydroxylation is 1. The lowest BCUT2D eigenvalue weighted by molar-refractivity contribution is -0.144. The van der Waals surface area contributed by atoms with E-state index in [2.05, 4.69) is 59.0 Å². The number of carbonyl (C=O) groups excluding carboxylic acids is 2. The zero-order chi connectivity index (χ0) is 35.8. The molecule has 2 aliphatic heterocycles. The maximum absolute atomic E-state index is 14.6. The monoisotopic (exact) mass is 704 g/mol. The number of rotatable bonds is 10. The number of carbonyl (C=O) groups is 2. The highest BCUT2D eigenvalue weighted by Crippen LogP contribution is 2.47. The van der Waals surface area contributed by atoms with E-state index in [4.69, 9.17) is 4.74 Å². The molecule has 1 aromatic heterocycles. The van der Waals surface area contributed by atoms with Gasteiger partial charge >= 0.3 is 0 Å². The SMILES string of the molecule is CCCS(=O)(=O)NC(=O)c1ccc2c(C3CCCCC3)c(-c3ccc(OC)cc3C)n(CC(C)(C)C(=O)N3CCCC4(CCN(C)C4)C3)c2c1. The molecule has 3 aromatic rings. The third-order valence-electron chi connectivity index (χ3n) is 11.5. The van der Waals surface area contributed by atoms with Gasteiger partial charge in [0.15, 0.2) is 0 Å². The van der Waals surface area contributed by atoms with Crippen LogP contribution in [0.1, 0.15) is 106 Å². The number of nitrogens with zero attached hydrogens (tertiary/aromatic N) is 3.